The van der Waals surface area contributed by atoms with Crippen LogP contribution in [0.2, 0.25) is 0 Å². The highest BCUT2D eigenvalue weighted by molar-refractivity contribution is 5.81. The molecular weight excluding hydrogens is 291 g/mol. The average Bonchev–Trinajstić information content (AvgIpc) is 2.71. The molecule has 2 unspecified atom stereocenters. The Hall–Kier alpha value is -2.09. The molecule has 2 atom stereocenters. The molecule has 0 radical (unpaired) electrons. The van der Waals surface area contributed by atoms with Crippen molar-refractivity contribution < 1.29 is 32.3 Å². The third-order valence-electron chi connectivity index (χ3n) is 3.50. The lowest BCUT2D eigenvalue weighted by Gasteiger charge is -2.28. The number of carbonyl (C=O) groups excluding carboxylic acids is 2. The number of halogens is 3. The minimum atomic E-state index is -5.15. The number of esters is 1. The van der Waals surface area contributed by atoms with E-state index in [2.05, 4.69) is 9.57 Å². The molecule has 0 heterocycles. The minimum Gasteiger partial charge on any atom is -0.450 e. The molecule has 0 bridgehead atoms. The summed E-state index contributed by atoms with van der Waals surface area (Å²) in [5.74, 6) is 1.53. The predicted octanol–water partition coefficient (Wildman–Crippen LogP) is 1.81. The first-order chi connectivity index (χ1) is 9.70. The molecule has 5 nitrogen and oxygen atoms in total. The number of nitrogens with two attached hydrogens (primary N) is 1. The zero-order valence-electron chi connectivity index (χ0n) is 10.9. The van der Waals surface area contributed by atoms with E-state index in [1.807, 2.05) is 0 Å². The lowest BCUT2D eigenvalue weighted by Crippen LogP contribution is -2.39. The lowest BCUT2D eigenvalue weighted by atomic mass is 9.85. The Kier molecular flexibility index (Phi) is 3.66. The molecule has 114 valence electrons. The normalized spacial score (nSPS) is 24.3. The maximum absolute atomic E-state index is 12.4. The van der Waals surface area contributed by atoms with Crippen molar-refractivity contribution in [2.75, 3.05) is 0 Å². The average molecular weight is 303 g/mol. The second-order valence-corrected chi connectivity index (χ2v) is 4.98. The van der Waals surface area contributed by atoms with Gasteiger partial charge >= 0.3 is 18.1 Å². The number of alkyl halides is 3. The Bertz CT molecular complexity index is 587. The molecule has 1 aromatic carbocycles. The number of rotatable bonds is 2. The van der Waals surface area contributed by atoms with Gasteiger partial charge in [-0.15, -0.1) is 0 Å². The second kappa shape index (κ2) is 5.03. The van der Waals surface area contributed by atoms with E-state index in [0.29, 0.717) is 11.1 Å². The highest BCUT2D eigenvalue weighted by Gasteiger charge is 2.54. The fourth-order valence-corrected chi connectivity index (χ4v) is 2.46. The smallest absolute Gasteiger partial charge is 0.450 e. The third-order valence-corrected chi connectivity index (χ3v) is 3.50. The maximum atomic E-state index is 12.4. The fourth-order valence-electron chi connectivity index (χ4n) is 2.46. The molecule has 0 spiro atoms. The number of fused-ring (bicyclic) bond motifs is 1. The Morgan fingerprint density at radius 1 is 1.33 bits per heavy atom. The molecule has 0 aliphatic heterocycles. The van der Waals surface area contributed by atoms with Crippen molar-refractivity contribution in [2.45, 2.75) is 25.6 Å². The van der Waals surface area contributed by atoms with Crippen molar-refractivity contribution >= 4 is 11.9 Å². The first-order valence-electron chi connectivity index (χ1n) is 5.97. The second-order valence-electron chi connectivity index (χ2n) is 4.98. The summed E-state index contributed by atoms with van der Waals surface area (Å²) in [7, 11) is 0. The van der Waals surface area contributed by atoms with Crippen LogP contribution >= 0.6 is 0 Å². The van der Waals surface area contributed by atoms with Crippen LogP contribution in [0.25, 0.3) is 0 Å². The van der Waals surface area contributed by atoms with Crippen molar-refractivity contribution in [3.8, 4) is 0 Å². The quantitative estimate of drug-likeness (QED) is 0.666. The van der Waals surface area contributed by atoms with Gasteiger partial charge in [0.15, 0.2) is 0 Å². The van der Waals surface area contributed by atoms with Crippen molar-refractivity contribution in [2.24, 2.45) is 11.3 Å². The van der Waals surface area contributed by atoms with E-state index in [0.717, 1.165) is 0 Å². The van der Waals surface area contributed by atoms with E-state index >= 15 is 0 Å². The molecule has 1 aromatic rings. The van der Waals surface area contributed by atoms with Crippen LogP contribution in [-0.4, -0.2) is 18.1 Å². The molecule has 0 saturated heterocycles. The molecule has 2 rings (SSSR count). The highest BCUT2D eigenvalue weighted by Crippen LogP contribution is 2.49. The zero-order chi connectivity index (χ0) is 15.8. The van der Waals surface area contributed by atoms with E-state index in [1.54, 1.807) is 18.2 Å². The Balaban J connectivity index is 2.41. The van der Waals surface area contributed by atoms with Gasteiger partial charge in [0.25, 0.3) is 0 Å². The van der Waals surface area contributed by atoms with Crippen molar-refractivity contribution in [1.29, 1.82) is 0 Å². The Labute approximate surface area is 117 Å². The van der Waals surface area contributed by atoms with E-state index in [1.165, 1.54) is 13.0 Å². The van der Waals surface area contributed by atoms with Crippen LogP contribution in [-0.2, 0) is 25.6 Å². The fraction of sp³-hybridized carbons (Fsp3) is 0.385. The summed E-state index contributed by atoms with van der Waals surface area (Å²) >= 11 is 0. The lowest BCUT2D eigenvalue weighted by molar-refractivity contribution is -0.212. The number of benzene rings is 1. The molecule has 0 fully saturated rings. The third kappa shape index (κ3) is 2.58. The van der Waals surface area contributed by atoms with E-state index in [-0.39, 0.29) is 6.42 Å². The molecule has 0 aromatic heterocycles. The molecule has 2 N–H and O–H groups in total. The van der Waals surface area contributed by atoms with Crippen LogP contribution in [0.4, 0.5) is 13.2 Å². The summed E-state index contributed by atoms with van der Waals surface area (Å²) in [6.07, 6.45) is -6.49. The molecular formula is C13H12F3NO4. The van der Waals surface area contributed by atoms with Gasteiger partial charge in [0.05, 0.1) is 0 Å². The van der Waals surface area contributed by atoms with Crippen LogP contribution in [0.15, 0.2) is 24.3 Å². The number of ether oxygens (including phenoxy) is 1. The SMILES string of the molecule is CC1(C(=O)ON)Cc2ccccc2C1OC(=O)C(F)(F)F. The summed E-state index contributed by atoms with van der Waals surface area (Å²) < 4.78 is 41.7. The van der Waals surface area contributed by atoms with E-state index in [4.69, 9.17) is 5.90 Å². The first kappa shape index (κ1) is 15.3. The van der Waals surface area contributed by atoms with Gasteiger partial charge in [-0.2, -0.15) is 19.1 Å². The summed E-state index contributed by atoms with van der Waals surface area (Å²) in [6, 6.07) is 6.38. The van der Waals surface area contributed by atoms with Gasteiger partial charge in [-0.25, -0.2) is 9.59 Å². The van der Waals surface area contributed by atoms with Crippen LogP contribution in [0.1, 0.15) is 24.2 Å². The summed E-state index contributed by atoms with van der Waals surface area (Å²) in [5, 5.41) is 0. The molecule has 21 heavy (non-hydrogen) atoms. The largest absolute Gasteiger partial charge is 0.490 e. The first-order valence-corrected chi connectivity index (χ1v) is 5.97. The monoisotopic (exact) mass is 303 g/mol. The molecule has 8 heteroatoms. The summed E-state index contributed by atoms with van der Waals surface area (Å²) in [6.45, 7) is 1.34. The molecule has 1 aliphatic carbocycles. The van der Waals surface area contributed by atoms with Crippen LogP contribution < -0.4 is 5.90 Å². The molecule has 1 aliphatic rings. The highest BCUT2D eigenvalue weighted by atomic mass is 19.4. The topological polar surface area (TPSA) is 78.6 Å². The summed E-state index contributed by atoms with van der Waals surface area (Å²) in [4.78, 5) is 27.1. The summed E-state index contributed by atoms with van der Waals surface area (Å²) in [5.41, 5.74) is -0.562. The number of hydrogen-bond acceptors (Lipinski definition) is 5. The van der Waals surface area contributed by atoms with Gasteiger partial charge in [0, 0.05) is 0 Å². The van der Waals surface area contributed by atoms with Gasteiger partial charge in [0.2, 0.25) is 0 Å². The van der Waals surface area contributed by atoms with Gasteiger partial charge in [0.1, 0.15) is 11.5 Å². The van der Waals surface area contributed by atoms with Crippen molar-refractivity contribution in [1.82, 2.24) is 0 Å². The van der Waals surface area contributed by atoms with Crippen LogP contribution in [0.5, 0.6) is 0 Å². The molecule has 0 saturated carbocycles. The Morgan fingerprint density at radius 3 is 2.52 bits per heavy atom. The zero-order valence-corrected chi connectivity index (χ0v) is 10.9. The minimum absolute atomic E-state index is 0.0645. The van der Waals surface area contributed by atoms with E-state index < -0.39 is 29.6 Å². The van der Waals surface area contributed by atoms with Crippen LogP contribution in [0, 0.1) is 5.41 Å². The van der Waals surface area contributed by atoms with Crippen molar-refractivity contribution in [3.63, 3.8) is 0 Å². The van der Waals surface area contributed by atoms with Gasteiger partial charge in [-0.05, 0) is 24.5 Å². The van der Waals surface area contributed by atoms with Gasteiger partial charge < -0.3 is 9.57 Å². The Morgan fingerprint density at radius 2 is 1.95 bits per heavy atom. The van der Waals surface area contributed by atoms with E-state index in [9.17, 15) is 22.8 Å². The van der Waals surface area contributed by atoms with Crippen LogP contribution in [0.3, 0.4) is 0 Å². The van der Waals surface area contributed by atoms with Gasteiger partial charge in [-0.1, -0.05) is 24.3 Å². The standard InChI is InChI=1S/C13H12F3NO4/c1-12(10(18)21-17)6-7-4-2-3-5-8(7)9(12)20-11(19)13(14,15)16/h2-5,9H,6,17H2,1H3. The molecule has 0 amide bonds. The van der Waals surface area contributed by atoms with Gasteiger partial charge in [-0.3, -0.25) is 0 Å². The maximum Gasteiger partial charge on any atom is 0.490 e. The predicted molar refractivity (Wildman–Crippen MR) is 63.4 cm³/mol. The number of hydrogen-bond donors (Lipinski definition) is 1. The number of carbonyl (C=O) groups is 2. The van der Waals surface area contributed by atoms with Crippen molar-refractivity contribution in [3.05, 3.63) is 35.4 Å².